The van der Waals surface area contributed by atoms with Crippen molar-refractivity contribution in [3.63, 3.8) is 0 Å². The van der Waals surface area contributed by atoms with Gasteiger partial charge in [0.25, 0.3) is 10.0 Å². The standard InChI is InChI=1S/C18H26N2O4S/c1-11-10-12(2)14(4)17(13(11)3)25(23,24)20-16(21)6-5-9-19-18(22)15-7-8-15/h10,15H,5-9H2,1-4H3,(H,19,22)(H,20,21). The molecule has 1 saturated carbocycles. The highest BCUT2D eigenvalue weighted by Crippen LogP contribution is 2.28. The second kappa shape index (κ2) is 7.56. The first-order chi connectivity index (χ1) is 11.6. The molecule has 1 aromatic carbocycles. The Morgan fingerprint density at radius 3 is 2.16 bits per heavy atom. The molecule has 1 fully saturated rings. The lowest BCUT2D eigenvalue weighted by Crippen LogP contribution is -2.33. The molecule has 0 atom stereocenters. The Labute approximate surface area is 149 Å². The van der Waals surface area contributed by atoms with Gasteiger partial charge in [-0.2, -0.15) is 0 Å². The van der Waals surface area contributed by atoms with E-state index in [0.29, 0.717) is 24.1 Å². The van der Waals surface area contributed by atoms with Gasteiger partial charge in [0.05, 0.1) is 4.90 Å². The van der Waals surface area contributed by atoms with E-state index in [9.17, 15) is 18.0 Å². The predicted molar refractivity (Wildman–Crippen MR) is 95.7 cm³/mol. The minimum Gasteiger partial charge on any atom is -0.356 e. The number of amides is 2. The van der Waals surface area contributed by atoms with Gasteiger partial charge >= 0.3 is 0 Å². The first kappa shape index (κ1) is 19.4. The SMILES string of the molecule is Cc1cc(C)c(C)c(S(=O)(=O)NC(=O)CCCNC(=O)C2CC2)c1C. The summed E-state index contributed by atoms with van der Waals surface area (Å²) < 4.78 is 27.4. The summed E-state index contributed by atoms with van der Waals surface area (Å²) in [6.07, 6.45) is 2.32. The number of aryl methyl sites for hydroxylation is 2. The monoisotopic (exact) mass is 366 g/mol. The van der Waals surface area contributed by atoms with Crippen LogP contribution in [0.1, 0.15) is 47.9 Å². The van der Waals surface area contributed by atoms with Gasteiger partial charge in [0.1, 0.15) is 0 Å². The largest absolute Gasteiger partial charge is 0.356 e. The summed E-state index contributed by atoms with van der Waals surface area (Å²) in [6, 6.07) is 1.94. The Morgan fingerprint density at radius 2 is 1.64 bits per heavy atom. The molecular weight excluding hydrogens is 340 g/mol. The quantitative estimate of drug-likeness (QED) is 0.722. The van der Waals surface area contributed by atoms with Crippen molar-refractivity contribution >= 4 is 21.8 Å². The number of rotatable bonds is 7. The van der Waals surface area contributed by atoms with Crippen molar-refractivity contribution in [2.45, 2.75) is 58.3 Å². The number of sulfonamides is 1. The van der Waals surface area contributed by atoms with E-state index < -0.39 is 15.9 Å². The van der Waals surface area contributed by atoms with Gasteiger partial charge in [0.15, 0.2) is 0 Å². The molecule has 0 unspecified atom stereocenters. The van der Waals surface area contributed by atoms with Crippen LogP contribution >= 0.6 is 0 Å². The molecule has 0 spiro atoms. The van der Waals surface area contributed by atoms with E-state index >= 15 is 0 Å². The molecule has 2 amide bonds. The molecule has 0 heterocycles. The predicted octanol–water partition coefficient (Wildman–Crippen LogP) is 2.03. The summed E-state index contributed by atoms with van der Waals surface area (Å²) in [5.41, 5.74) is 3.05. The van der Waals surface area contributed by atoms with Gasteiger partial charge < -0.3 is 5.32 Å². The Bertz CT molecular complexity index is 770. The van der Waals surface area contributed by atoms with Crippen LogP contribution in [0.15, 0.2) is 11.0 Å². The Balaban J connectivity index is 1.96. The molecule has 0 saturated heterocycles. The summed E-state index contributed by atoms with van der Waals surface area (Å²) in [4.78, 5) is 23.7. The molecule has 0 aliphatic heterocycles. The van der Waals surface area contributed by atoms with Gasteiger partial charge in [-0.25, -0.2) is 13.1 Å². The number of carbonyl (C=O) groups is 2. The van der Waals surface area contributed by atoms with Crippen molar-refractivity contribution in [2.24, 2.45) is 5.92 Å². The lowest BCUT2D eigenvalue weighted by Gasteiger charge is -2.16. The number of hydrogen-bond acceptors (Lipinski definition) is 4. The summed E-state index contributed by atoms with van der Waals surface area (Å²) in [6.45, 7) is 7.57. The molecule has 1 aromatic rings. The zero-order chi connectivity index (χ0) is 18.8. The van der Waals surface area contributed by atoms with Gasteiger partial charge in [-0.05, 0) is 69.2 Å². The highest BCUT2D eigenvalue weighted by Gasteiger charge is 2.29. The number of hydrogen-bond donors (Lipinski definition) is 2. The van der Waals surface area contributed by atoms with E-state index in [-0.39, 0.29) is 23.1 Å². The molecule has 2 rings (SSSR count). The molecule has 6 nitrogen and oxygen atoms in total. The maximum Gasteiger partial charge on any atom is 0.264 e. The lowest BCUT2D eigenvalue weighted by atomic mass is 10.0. The van der Waals surface area contributed by atoms with E-state index in [1.54, 1.807) is 13.8 Å². The summed E-state index contributed by atoms with van der Waals surface area (Å²) in [5.74, 6) is -0.405. The smallest absolute Gasteiger partial charge is 0.264 e. The van der Waals surface area contributed by atoms with E-state index in [4.69, 9.17) is 0 Å². The van der Waals surface area contributed by atoms with E-state index in [0.717, 1.165) is 24.0 Å². The highest BCUT2D eigenvalue weighted by atomic mass is 32.2. The normalized spacial score (nSPS) is 14.2. The fourth-order valence-corrected chi connectivity index (χ4v) is 4.42. The molecule has 7 heteroatoms. The van der Waals surface area contributed by atoms with Crippen LogP contribution in [0.5, 0.6) is 0 Å². The van der Waals surface area contributed by atoms with Crippen LogP contribution in [-0.2, 0) is 19.6 Å². The second-order valence-electron chi connectivity index (χ2n) is 6.79. The maximum absolute atomic E-state index is 12.6. The van der Waals surface area contributed by atoms with Crippen molar-refractivity contribution < 1.29 is 18.0 Å². The van der Waals surface area contributed by atoms with Crippen LogP contribution in [0.25, 0.3) is 0 Å². The van der Waals surface area contributed by atoms with Gasteiger partial charge in [0, 0.05) is 18.9 Å². The van der Waals surface area contributed by atoms with Crippen molar-refractivity contribution in [1.82, 2.24) is 10.0 Å². The van der Waals surface area contributed by atoms with E-state index in [1.165, 1.54) is 0 Å². The molecule has 1 aliphatic rings. The average Bonchev–Trinajstić information content (AvgIpc) is 3.33. The fraction of sp³-hybridized carbons (Fsp3) is 0.556. The van der Waals surface area contributed by atoms with Gasteiger partial charge in [-0.1, -0.05) is 6.07 Å². The number of nitrogens with one attached hydrogen (secondary N) is 2. The minimum atomic E-state index is -3.91. The second-order valence-corrected chi connectivity index (χ2v) is 8.41. The Hall–Kier alpha value is -1.89. The average molecular weight is 366 g/mol. The molecular formula is C18H26N2O4S. The van der Waals surface area contributed by atoms with Crippen molar-refractivity contribution in [2.75, 3.05) is 6.54 Å². The van der Waals surface area contributed by atoms with Crippen molar-refractivity contribution in [3.8, 4) is 0 Å². The molecule has 1 aliphatic carbocycles. The molecule has 0 bridgehead atoms. The number of carbonyl (C=O) groups excluding carboxylic acids is 2. The molecule has 138 valence electrons. The third kappa shape index (κ3) is 4.81. The van der Waals surface area contributed by atoms with Gasteiger partial charge in [-0.15, -0.1) is 0 Å². The lowest BCUT2D eigenvalue weighted by molar-refractivity contribution is -0.123. The topological polar surface area (TPSA) is 92.3 Å². The molecule has 0 radical (unpaired) electrons. The zero-order valence-corrected chi connectivity index (χ0v) is 16.0. The zero-order valence-electron chi connectivity index (χ0n) is 15.2. The third-order valence-electron chi connectivity index (χ3n) is 4.64. The first-order valence-corrected chi connectivity index (χ1v) is 10.0. The van der Waals surface area contributed by atoms with Gasteiger partial charge in [0.2, 0.25) is 11.8 Å². The molecule has 0 aromatic heterocycles. The van der Waals surface area contributed by atoms with Crippen LogP contribution in [0, 0.1) is 33.6 Å². The molecule has 25 heavy (non-hydrogen) atoms. The summed E-state index contributed by atoms with van der Waals surface area (Å²) >= 11 is 0. The fourth-order valence-electron chi connectivity index (χ4n) is 2.79. The maximum atomic E-state index is 12.6. The molecule has 2 N–H and O–H groups in total. The summed E-state index contributed by atoms with van der Waals surface area (Å²) in [7, 11) is -3.91. The van der Waals surface area contributed by atoms with Crippen molar-refractivity contribution in [3.05, 3.63) is 28.3 Å². The number of benzene rings is 1. The van der Waals surface area contributed by atoms with Gasteiger partial charge in [-0.3, -0.25) is 9.59 Å². The minimum absolute atomic E-state index is 0.0227. The first-order valence-electron chi connectivity index (χ1n) is 8.54. The van der Waals surface area contributed by atoms with Crippen LogP contribution < -0.4 is 10.0 Å². The van der Waals surface area contributed by atoms with Crippen LogP contribution in [0.4, 0.5) is 0 Å². The van der Waals surface area contributed by atoms with Crippen LogP contribution in [0.3, 0.4) is 0 Å². The summed E-state index contributed by atoms with van der Waals surface area (Å²) in [5, 5.41) is 2.76. The van der Waals surface area contributed by atoms with E-state index in [1.807, 2.05) is 19.9 Å². The van der Waals surface area contributed by atoms with Crippen LogP contribution in [0.2, 0.25) is 0 Å². The van der Waals surface area contributed by atoms with Crippen LogP contribution in [-0.4, -0.2) is 26.8 Å². The third-order valence-corrected chi connectivity index (χ3v) is 6.29. The highest BCUT2D eigenvalue weighted by molar-refractivity contribution is 7.90. The Kier molecular flexibility index (Phi) is 5.87. The van der Waals surface area contributed by atoms with Crippen molar-refractivity contribution in [1.29, 1.82) is 0 Å². The van der Waals surface area contributed by atoms with E-state index in [2.05, 4.69) is 10.0 Å². The Morgan fingerprint density at radius 1 is 1.08 bits per heavy atom.